The van der Waals surface area contributed by atoms with E-state index in [0.717, 1.165) is 37.7 Å². The zero-order valence-corrected chi connectivity index (χ0v) is 33.4. The Bertz CT molecular complexity index is 2240. The highest BCUT2D eigenvalue weighted by Gasteiger charge is 2.75. The number of aliphatic hydroxyl groups is 4. The Labute approximate surface area is 341 Å². The van der Waals surface area contributed by atoms with Crippen LogP contribution in [0, 0.1) is 35.5 Å². The second kappa shape index (κ2) is 13.0. The minimum absolute atomic E-state index is 0.0187. The number of hydrogen-bond donors (Lipinski definition) is 8. The molecule has 3 saturated carbocycles. The first-order valence-electron chi connectivity index (χ1n) is 21.5. The molecule has 0 radical (unpaired) electrons. The Morgan fingerprint density at radius 1 is 1.08 bits per heavy atom. The Morgan fingerprint density at radius 3 is 2.69 bits per heavy atom. The van der Waals surface area contributed by atoms with Crippen LogP contribution in [0.3, 0.4) is 0 Å². The molecule has 9 aliphatic rings. The SMILES string of the molecule is CC(=O)c1c(C)cc2cc(C(=O)O)cc(OC3OC4C(O)CCC5OC4(CC4C6=C5CC=C6C5(CCO)COCC6CC78CCCC7NNC4(C8)C65)C(O)C3O)c2c1O. The predicted molar refractivity (Wildman–Crippen MR) is 210 cm³/mol. The van der Waals surface area contributed by atoms with Gasteiger partial charge in [0.15, 0.2) is 5.78 Å². The summed E-state index contributed by atoms with van der Waals surface area (Å²) in [5, 5.41) is 69.7. The normalized spacial score (nSPS) is 44.1. The lowest BCUT2D eigenvalue weighted by Crippen LogP contribution is -2.81. The monoisotopic (exact) mass is 814 g/mol. The fourth-order valence-corrected chi connectivity index (χ4v) is 14.8. The van der Waals surface area contributed by atoms with Crippen molar-refractivity contribution in [3.05, 3.63) is 57.7 Å². The maximum atomic E-state index is 12.7. The summed E-state index contributed by atoms with van der Waals surface area (Å²) in [7, 11) is 0. The lowest BCUT2D eigenvalue weighted by Gasteiger charge is -2.71. The van der Waals surface area contributed by atoms with E-state index in [1.165, 1.54) is 30.2 Å². The van der Waals surface area contributed by atoms with Crippen LogP contribution in [-0.2, 0) is 14.2 Å². The number of aromatic carboxylic acids is 1. The fourth-order valence-electron chi connectivity index (χ4n) is 14.8. The van der Waals surface area contributed by atoms with Crippen molar-refractivity contribution in [3.63, 3.8) is 0 Å². The summed E-state index contributed by atoms with van der Waals surface area (Å²) in [6.45, 7) is 4.12. The molecule has 4 bridgehead atoms. The summed E-state index contributed by atoms with van der Waals surface area (Å²) in [4.78, 5) is 25.0. The van der Waals surface area contributed by atoms with Gasteiger partial charge in [0.2, 0.25) is 6.29 Å². The molecular weight excluding hydrogens is 760 g/mol. The number of hydrogen-bond acceptors (Lipinski definition) is 13. The number of hydrazine groups is 1. The van der Waals surface area contributed by atoms with E-state index in [1.807, 2.05) is 0 Å². The van der Waals surface area contributed by atoms with Crippen LogP contribution in [0.4, 0.5) is 0 Å². The van der Waals surface area contributed by atoms with E-state index in [1.54, 1.807) is 13.0 Å². The molecule has 14 heteroatoms. The third-order valence-electron chi connectivity index (χ3n) is 16.7. The topological polar surface area (TPSA) is 216 Å². The zero-order valence-electron chi connectivity index (χ0n) is 33.4. The van der Waals surface area contributed by atoms with Gasteiger partial charge in [-0.2, -0.15) is 0 Å². The van der Waals surface area contributed by atoms with Gasteiger partial charge in [0.1, 0.15) is 35.4 Å². The Hall–Kier alpha value is -3.44. The van der Waals surface area contributed by atoms with Gasteiger partial charge in [-0.3, -0.25) is 15.6 Å². The number of Topliss-reactive ketones (excluding diaryl/α,β-unsaturated/α-hetero) is 1. The number of allylic oxidation sites excluding steroid dienone is 1. The van der Waals surface area contributed by atoms with Gasteiger partial charge < -0.3 is 49.6 Å². The molecule has 8 N–H and O–H groups in total. The largest absolute Gasteiger partial charge is 0.506 e. The number of ketones is 1. The van der Waals surface area contributed by atoms with Gasteiger partial charge >= 0.3 is 5.97 Å². The van der Waals surface area contributed by atoms with Gasteiger partial charge in [-0.25, -0.2) is 4.79 Å². The van der Waals surface area contributed by atoms with Gasteiger partial charge in [0, 0.05) is 36.1 Å². The quantitative estimate of drug-likeness (QED) is 0.197. The smallest absolute Gasteiger partial charge is 0.335 e. The van der Waals surface area contributed by atoms with Crippen molar-refractivity contribution in [1.82, 2.24) is 10.9 Å². The van der Waals surface area contributed by atoms with Crippen molar-refractivity contribution < 1.29 is 59.2 Å². The molecule has 4 aliphatic carbocycles. The number of carbonyl (C=O) groups is 2. The Morgan fingerprint density at radius 2 is 1.92 bits per heavy atom. The maximum Gasteiger partial charge on any atom is 0.335 e. The first kappa shape index (κ1) is 38.5. The number of aryl methyl sites for hydroxylation is 1. The van der Waals surface area contributed by atoms with Crippen LogP contribution in [0.5, 0.6) is 11.5 Å². The number of phenolic OH excluding ortho intramolecular Hbond substituents is 1. The third kappa shape index (κ3) is 5.00. The number of carbonyl (C=O) groups excluding carboxylic acids is 1. The Kier molecular flexibility index (Phi) is 8.50. The number of aromatic hydroxyl groups is 1. The second-order valence-corrected chi connectivity index (χ2v) is 19.4. The summed E-state index contributed by atoms with van der Waals surface area (Å²) >= 11 is 0. The lowest BCUT2D eigenvalue weighted by molar-refractivity contribution is -0.337. The highest BCUT2D eigenvalue weighted by Crippen LogP contribution is 2.73. The summed E-state index contributed by atoms with van der Waals surface area (Å²) < 4.78 is 26.8. The number of carboxylic acids is 1. The van der Waals surface area contributed by atoms with Crippen molar-refractivity contribution >= 4 is 22.5 Å². The van der Waals surface area contributed by atoms with E-state index in [-0.39, 0.29) is 64.9 Å². The van der Waals surface area contributed by atoms with Crippen molar-refractivity contribution in [2.45, 2.75) is 132 Å². The summed E-state index contributed by atoms with van der Waals surface area (Å²) in [5.41, 5.74) is 9.13. The van der Waals surface area contributed by atoms with Crippen molar-refractivity contribution in [2.24, 2.45) is 28.6 Å². The van der Waals surface area contributed by atoms with Crippen LogP contribution >= 0.6 is 0 Å². The minimum atomic E-state index is -1.75. The van der Waals surface area contributed by atoms with Crippen LogP contribution in [0.2, 0.25) is 0 Å². The molecule has 4 saturated heterocycles. The zero-order chi connectivity index (χ0) is 41.0. The first-order valence-corrected chi connectivity index (χ1v) is 21.5. The van der Waals surface area contributed by atoms with Crippen LogP contribution < -0.4 is 15.6 Å². The molecule has 2 aromatic carbocycles. The van der Waals surface area contributed by atoms with E-state index in [9.17, 15) is 40.2 Å². The molecule has 59 heavy (non-hydrogen) atoms. The molecule has 3 spiro atoms. The van der Waals surface area contributed by atoms with Gasteiger partial charge in [0.25, 0.3) is 0 Å². The van der Waals surface area contributed by atoms with Crippen LogP contribution in [0.15, 0.2) is 41.0 Å². The van der Waals surface area contributed by atoms with Gasteiger partial charge in [-0.15, -0.1) is 0 Å². The summed E-state index contributed by atoms with van der Waals surface area (Å²) in [5.74, 6) is -2.15. The molecule has 0 aromatic heterocycles. The molecule has 14 unspecified atom stereocenters. The van der Waals surface area contributed by atoms with E-state index in [4.69, 9.17) is 18.9 Å². The number of carboxylic acid groups (broad SMARTS) is 1. The first-order chi connectivity index (χ1) is 28.3. The average molecular weight is 815 g/mol. The Balaban J connectivity index is 1.03. The van der Waals surface area contributed by atoms with E-state index < -0.39 is 70.9 Å². The van der Waals surface area contributed by atoms with E-state index >= 15 is 0 Å². The van der Waals surface area contributed by atoms with Crippen LogP contribution in [0.1, 0.15) is 97.4 Å². The molecular formula is C45H54N2O12. The van der Waals surface area contributed by atoms with Crippen LogP contribution in [-0.4, -0.2) is 116 Å². The molecule has 5 aliphatic heterocycles. The highest BCUT2D eigenvalue weighted by atomic mass is 16.7. The number of nitrogens with one attached hydrogen (secondary N) is 2. The highest BCUT2D eigenvalue weighted by molar-refractivity contribution is 6.08. The summed E-state index contributed by atoms with van der Waals surface area (Å²) in [6.07, 6.45) is 1.87. The third-order valence-corrected chi connectivity index (χ3v) is 16.7. The summed E-state index contributed by atoms with van der Waals surface area (Å²) in [6, 6.07) is 4.46. The van der Waals surface area contributed by atoms with Gasteiger partial charge in [0.05, 0.1) is 35.3 Å². The van der Waals surface area contributed by atoms with Gasteiger partial charge in [-0.05, 0) is 129 Å². The lowest BCUT2D eigenvalue weighted by atomic mass is 9.39. The maximum absolute atomic E-state index is 12.7. The molecule has 316 valence electrons. The number of ether oxygens (including phenoxy) is 4. The van der Waals surface area contributed by atoms with Crippen LogP contribution in [0.25, 0.3) is 10.8 Å². The molecule has 5 heterocycles. The standard InChI is InChI=1S/C45H54N2O12/c1-20-12-22-13-23(40(54)55)14-30(33(22)35(51)32(20)21(2)49)57-41-36(52)38(53)45-16-27-34-25(29(59-45)8-7-28(50)39(45)58-41)5-6-26(34)43(10-11-48)19-56-17-24-15-42-9-3-4-31(42)46-47-44(27,18-42)37(24)43/h6,12-14,24,27-29,31,36-39,41,46-48,50-53H,3-5,7-11,15-19H2,1-2H3,(H,54,55). The fraction of sp³-hybridized carbons (Fsp3) is 0.644. The van der Waals surface area contributed by atoms with Gasteiger partial charge in [-0.1, -0.05) is 18.6 Å². The number of phenols is 1. The predicted octanol–water partition coefficient (Wildman–Crippen LogP) is 3.33. The number of aliphatic hydroxyl groups excluding tert-OH is 4. The van der Waals surface area contributed by atoms with E-state index in [0.29, 0.717) is 49.5 Å². The van der Waals surface area contributed by atoms with E-state index in [2.05, 4.69) is 16.9 Å². The molecule has 14 atom stereocenters. The molecule has 14 nitrogen and oxygen atoms in total. The second-order valence-electron chi connectivity index (χ2n) is 19.4. The molecule has 7 fully saturated rings. The van der Waals surface area contributed by atoms with Crippen molar-refractivity contribution in [2.75, 3.05) is 19.8 Å². The average Bonchev–Trinajstić information content (AvgIpc) is 3.74. The minimum Gasteiger partial charge on any atom is -0.506 e. The molecule has 2 aromatic rings. The number of rotatable bonds is 6. The van der Waals surface area contributed by atoms with Crippen molar-refractivity contribution in [1.29, 1.82) is 0 Å². The number of benzene rings is 2. The number of fused-ring (bicyclic) bond motifs is 4. The molecule has 11 rings (SSSR count). The van der Waals surface area contributed by atoms with Crippen molar-refractivity contribution in [3.8, 4) is 11.5 Å². The molecule has 0 amide bonds.